The Morgan fingerprint density at radius 3 is 2.88 bits per heavy atom. The van der Waals surface area contributed by atoms with Crippen LogP contribution in [0, 0.1) is 0 Å². The summed E-state index contributed by atoms with van der Waals surface area (Å²) >= 11 is 0. The molecule has 0 spiro atoms. The van der Waals surface area contributed by atoms with Crippen molar-refractivity contribution < 1.29 is 9.53 Å². The second-order valence-electron chi connectivity index (χ2n) is 6.82. The van der Waals surface area contributed by atoms with Crippen LogP contribution < -0.4 is 10.6 Å². The SMILES string of the molecule is CN=C(NCCn1cccn1)N1CCC(NC(=O)OC(C)(C)C)C1. The third kappa shape index (κ3) is 5.75. The number of hydrogen-bond acceptors (Lipinski definition) is 4. The van der Waals surface area contributed by atoms with Gasteiger partial charge in [-0.25, -0.2) is 4.79 Å². The highest BCUT2D eigenvalue weighted by Gasteiger charge is 2.27. The summed E-state index contributed by atoms with van der Waals surface area (Å²) in [5.74, 6) is 0.843. The number of amides is 1. The second-order valence-corrected chi connectivity index (χ2v) is 6.82. The number of nitrogens with zero attached hydrogens (tertiary/aromatic N) is 4. The molecular weight excluding hydrogens is 308 g/mol. The molecule has 1 atom stereocenters. The molecule has 1 aromatic rings. The van der Waals surface area contributed by atoms with E-state index in [0.717, 1.165) is 38.6 Å². The van der Waals surface area contributed by atoms with Gasteiger partial charge in [0.2, 0.25) is 0 Å². The molecule has 2 heterocycles. The lowest BCUT2D eigenvalue weighted by molar-refractivity contribution is 0.0507. The van der Waals surface area contributed by atoms with Crippen molar-refractivity contribution in [3.63, 3.8) is 0 Å². The van der Waals surface area contributed by atoms with Gasteiger partial charge in [-0.15, -0.1) is 0 Å². The van der Waals surface area contributed by atoms with Crippen LogP contribution in [0.5, 0.6) is 0 Å². The van der Waals surface area contributed by atoms with Crippen molar-refractivity contribution in [3.05, 3.63) is 18.5 Å². The van der Waals surface area contributed by atoms with E-state index in [1.54, 1.807) is 13.2 Å². The van der Waals surface area contributed by atoms with Crippen molar-refractivity contribution >= 4 is 12.1 Å². The van der Waals surface area contributed by atoms with Crippen molar-refractivity contribution in [2.45, 2.75) is 45.4 Å². The molecule has 1 aliphatic heterocycles. The summed E-state index contributed by atoms with van der Waals surface area (Å²) < 4.78 is 7.18. The molecule has 1 saturated heterocycles. The number of ether oxygens (including phenoxy) is 1. The van der Waals surface area contributed by atoms with Gasteiger partial charge in [0.05, 0.1) is 12.6 Å². The number of guanidine groups is 1. The van der Waals surface area contributed by atoms with Gasteiger partial charge in [0.25, 0.3) is 0 Å². The van der Waals surface area contributed by atoms with Gasteiger partial charge in [-0.1, -0.05) is 0 Å². The summed E-state index contributed by atoms with van der Waals surface area (Å²) in [6.45, 7) is 8.67. The first-order valence-corrected chi connectivity index (χ1v) is 8.30. The number of alkyl carbamates (subject to hydrolysis) is 1. The standard InChI is InChI=1S/C16H28N6O2/c1-16(2,3)24-15(23)20-13-6-10-21(12-13)14(17-4)18-8-11-22-9-5-7-19-22/h5,7,9,13H,6,8,10-12H2,1-4H3,(H,17,18)(H,20,23). The zero-order valence-corrected chi connectivity index (χ0v) is 15.0. The maximum Gasteiger partial charge on any atom is 0.407 e. The Kier molecular flexibility index (Phi) is 6.05. The summed E-state index contributed by atoms with van der Waals surface area (Å²) in [5, 5.41) is 10.4. The van der Waals surface area contributed by atoms with Gasteiger partial charge >= 0.3 is 6.09 Å². The number of carbonyl (C=O) groups is 1. The van der Waals surface area contributed by atoms with E-state index in [0.29, 0.717) is 0 Å². The summed E-state index contributed by atoms with van der Waals surface area (Å²) in [7, 11) is 1.77. The molecular formula is C16H28N6O2. The molecule has 1 aromatic heterocycles. The Morgan fingerprint density at radius 1 is 1.46 bits per heavy atom. The van der Waals surface area contributed by atoms with Crippen LogP contribution in [0.2, 0.25) is 0 Å². The summed E-state index contributed by atoms with van der Waals surface area (Å²) in [6.07, 6.45) is 4.21. The Labute approximate surface area is 143 Å². The molecule has 24 heavy (non-hydrogen) atoms. The smallest absolute Gasteiger partial charge is 0.407 e. The van der Waals surface area contributed by atoms with Gasteiger partial charge in [0.1, 0.15) is 5.60 Å². The first-order chi connectivity index (χ1) is 11.4. The van der Waals surface area contributed by atoms with Crippen molar-refractivity contribution in [2.75, 3.05) is 26.7 Å². The quantitative estimate of drug-likeness (QED) is 0.634. The van der Waals surface area contributed by atoms with Crippen LogP contribution in [0.4, 0.5) is 4.79 Å². The molecule has 134 valence electrons. The van der Waals surface area contributed by atoms with Gasteiger partial charge in [-0.3, -0.25) is 9.67 Å². The normalized spacial score (nSPS) is 18.6. The minimum absolute atomic E-state index is 0.0736. The van der Waals surface area contributed by atoms with Gasteiger partial charge < -0.3 is 20.3 Å². The van der Waals surface area contributed by atoms with Crippen LogP contribution in [0.25, 0.3) is 0 Å². The molecule has 2 N–H and O–H groups in total. The van der Waals surface area contributed by atoms with Crippen LogP contribution in [0.1, 0.15) is 27.2 Å². The number of likely N-dealkylation sites (tertiary alicyclic amines) is 1. The average Bonchev–Trinajstić information content (AvgIpc) is 3.13. The molecule has 1 amide bonds. The highest BCUT2D eigenvalue weighted by Crippen LogP contribution is 2.11. The number of aromatic nitrogens is 2. The van der Waals surface area contributed by atoms with Crippen LogP contribution >= 0.6 is 0 Å². The fourth-order valence-electron chi connectivity index (χ4n) is 2.59. The maximum atomic E-state index is 11.9. The van der Waals surface area contributed by atoms with E-state index >= 15 is 0 Å². The highest BCUT2D eigenvalue weighted by atomic mass is 16.6. The molecule has 8 nitrogen and oxygen atoms in total. The molecule has 0 radical (unpaired) electrons. The summed E-state index contributed by atoms with van der Waals surface area (Å²) in [4.78, 5) is 18.3. The second kappa shape index (κ2) is 8.03. The molecule has 0 saturated carbocycles. The van der Waals surface area contributed by atoms with Crippen molar-refractivity contribution in [3.8, 4) is 0 Å². The Morgan fingerprint density at radius 2 is 2.25 bits per heavy atom. The molecule has 1 fully saturated rings. The third-order valence-electron chi connectivity index (χ3n) is 3.60. The van der Waals surface area contributed by atoms with E-state index in [9.17, 15) is 4.79 Å². The zero-order chi connectivity index (χ0) is 17.6. The van der Waals surface area contributed by atoms with Crippen molar-refractivity contribution in [1.82, 2.24) is 25.3 Å². The Hall–Kier alpha value is -2.25. The van der Waals surface area contributed by atoms with Gasteiger partial charge in [-0.2, -0.15) is 5.10 Å². The van der Waals surface area contributed by atoms with E-state index in [2.05, 4.69) is 25.6 Å². The first-order valence-electron chi connectivity index (χ1n) is 8.30. The lowest BCUT2D eigenvalue weighted by atomic mass is 10.2. The monoisotopic (exact) mass is 336 g/mol. The number of nitrogens with one attached hydrogen (secondary N) is 2. The fraction of sp³-hybridized carbons (Fsp3) is 0.688. The van der Waals surface area contributed by atoms with E-state index in [1.165, 1.54) is 0 Å². The lowest BCUT2D eigenvalue weighted by Gasteiger charge is -2.23. The molecule has 0 aromatic carbocycles. The molecule has 2 rings (SSSR count). The minimum Gasteiger partial charge on any atom is -0.444 e. The topological polar surface area (TPSA) is 83.8 Å². The van der Waals surface area contributed by atoms with E-state index < -0.39 is 5.60 Å². The molecule has 0 bridgehead atoms. The Bertz CT molecular complexity index is 549. The molecule has 1 aliphatic rings. The zero-order valence-electron chi connectivity index (χ0n) is 15.0. The molecule has 8 heteroatoms. The van der Waals surface area contributed by atoms with Crippen molar-refractivity contribution in [1.29, 1.82) is 0 Å². The molecule has 0 aliphatic carbocycles. The third-order valence-corrected chi connectivity index (χ3v) is 3.60. The predicted molar refractivity (Wildman–Crippen MR) is 92.9 cm³/mol. The highest BCUT2D eigenvalue weighted by molar-refractivity contribution is 5.80. The maximum absolute atomic E-state index is 11.9. The first kappa shape index (κ1) is 18.1. The van der Waals surface area contributed by atoms with Gasteiger partial charge in [0, 0.05) is 39.1 Å². The largest absolute Gasteiger partial charge is 0.444 e. The number of aliphatic imine (C=N–C) groups is 1. The minimum atomic E-state index is -0.480. The lowest BCUT2D eigenvalue weighted by Crippen LogP contribution is -2.44. The van der Waals surface area contributed by atoms with Gasteiger partial charge in [0.15, 0.2) is 5.96 Å². The van der Waals surface area contributed by atoms with Crippen LogP contribution in [0.15, 0.2) is 23.5 Å². The van der Waals surface area contributed by atoms with E-state index in [-0.39, 0.29) is 12.1 Å². The van der Waals surface area contributed by atoms with E-state index in [4.69, 9.17) is 4.74 Å². The predicted octanol–water partition coefficient (Wildman–Crippen LogP) is 1.06. The summed E-state index contributed by atoms with van der Waals surface area (Å²) in [6, 6.07) is 1.98. The number of rotatable bonds is 4. The molecule has 1 unspecified atom stereocenters. The van der Waals surface area contributed by atoms with Crippen LogP contribution in [0.3, 0.4) is 0 Å². The van der Waals surface area contributed by atoms with E-state index in [1.807, 2.05) is 37.7 Å². The number of carbonyl (C=O) groups excluding carboxylic acids is 1. The van der Waals surface area contributed by atoms with Crippen LogP contribution in [-0.4, -0.2) is 65.1 Å². The van der Waals surface area contributed by atoms with Gasteiger partial charge in [-0.05, 0) is 33.3 Å². The summed E-state index contributed by atoms with van der Waals surface area (Å²) in [5.41, 5.74) is -0.480. The van der Waals surface area contributed by atoms with Crippen LogP contribution in [-0.2, 0) is 11.3 Å². The fourth-order valence-corrected chi connectivity index (χ4v) is 2.59. The van der Waals surface area contributed by atoms with Crippen molar-refractivity contribution in [2.24, 2.45) is 4.99 Å². The average molecular weight is 336 g/mol. The number of hydrogen-bond donors (Lipinski definition) is 2. The Balaban J connectivity index is 1.75.